The van der Waals surface area contributed by atoms with Crippen molar-refractivity contribution in [2.75, 3.05) is 29.7 Å². The smallest absolute Gasteiger partial charge is 0.254 e. The molecule has 7 heteroatoms. The molecule has 2 atom stereocenters. The average Bonchev–Trinajstić information content (AvgIpc) is 3.07. The number of sulfonamides is 1. The van der Waals surface area contributed by atoms with E-state index >= 15 is 0 Å². The number of nitrogens with zero attached hydrogens (tertiary/aromatic N) is 2. The Hall–Kier alpha value is -2.38. The molecule has 0 spiro atoms. The van der Waals surface area contributed by atoms with Crippen molar-refractivity contribution in [1.82, 2.24) is 4.90 Å². The van der Waals surface area contributed by atoms with Crippen LogP contribution in [0.25, 0.3) is 0 Å². The first-order valence-electron chi connectivity index (χ1n) is 9.54. The Balaban J connectivity index is 1.56. The Morgan fingerprint density at radius 1 is 1.07 bits per heavy atom. The summed E-state index contributed by atoms with van der Waals surface area (Å²) in [7, 11) is -3.27. The van der Waals surface area contributed by atoms with Gasteiger partial charge < -0.3 is 9.64 Å². The predicted octanol–water partition coefficient (Wildman–Crippen LogP) is 2.83. The second-order valence-electron chi connectivity index (χ2n) is 7.35. The molecule has 0 N–H and O–H groups in total. The maximum atomic E-state index is 13.2. The fourth-order valence-electron chi connectivity index (χ4n) is 3.88. The fourth-order valence-corrected chi connectivity index (χ4v) is 5.43. The molecule has 2 fully saturated rings. The third-order valence-corrected chi connectivity index (χ3v) is 7.07. The zero-order valence-corrected chi connectivity index (χ0v) is 16.6. The maximum absolute atomic E-state index is 13.2. The van der Waals surface area contributed by atoms with Crippen molar-refractivity contribution in [3.63, 3.8) is 0 Å². The van der Waals surface area contributed by atoms with E-state index in [1.165, 1.54) is 4.31 Å². The van der Waals surface area contributed by atoms with Crippen LogP contribution in [0.1, 0.15) is 35.4 Å². The number of anilines is 1. The van der Waals surface area contributed by atoms with Gasteiger partial charge in [-0.3, -0.25) is 9.10 Å². The van der Waals surface area contributed by atoms with Gasteiger partial charge in [0.25, 0.3) is 5.91 Å². The average molecular weight is 401 g/mol. The molecule has 0 aliphatic carbocycles. The van der Waals surface area contributed by atoms with Crippen molar-refractivity contribution < 1.29 is 17.9 Å². The third kappa shape index (κ3) is 3.77. The van der Waals surface area contributed by atoms with E-state index in [9.17, 15) is 13.2 Å². The highest BCUT2D eigenvalue weighted by Crippen LogP contribution is 2.28. The van der Waals surface area contributed by atoms with E-state index < -0.39 is 10.0 Å². The second kappa shape index (κ2) is 7.56. The number of morpholine rings is 1. The van der Waals surface area contributed by atoms with E-state index in [4.69, 9.17) is 4.74 Å². The number of hydrogen-bond donors (Lipinski definition) is 0. The minimum Gasteiger partial charge on any atom is -0.367 e. The molecular formula is C21H24N2O4S. The lowest BCUT2D eigenvalue weighted by molar-refractivity contribution is -0.0691. The van der Waals surface area contributed by atoms with Gasteiger partial charge in [0.15, 0.2) is 0 Å². The van der Waals surface area contributed by atoms with Gasteiger partial charge in [0.1, 0.15) is 6.10 Å². The number of carbonyl (C=O) groups excluding carboxylic acids is 1. The van der Waals surface area contributed by atoms with Crippen LogP contribution in [0.5, 0.6) is 0 Å². The van der Waals surface area contributed by atoms with E-state index in [1.807, 2.05) is 37.3 Å². The number of amides is 1. The largest absolute Gasteiger partial charge is 0.367 e. The summed E-state index contributed by atoms with van der Waals surface area (Å²) < 4.78 is 31.8. The molecule has 0 aromatic heterocycles. The van der Waals surface area contributed by atoms with Gasteiger partial charge in [-0.1, -0.05) is 36.4 Å². The molecule has 0 saturated carbocycles. The molecule has 28 heavy (non-hydrogen) atoms. The third-order valence-electron chi connectivity index (χ3n) is 5.20. The molecule has 6 nitrogen and oxygen atoms in total. The van der Waals surface area contributed by atoms with Crippen molar-refractivity contribution in [1.29, 1.82) is 0 Å². The summed E-state index contributed by atoms with van der Waals surface area (Å²) in [6.07, 6.45) is 0.362. The SMILES string of the molecule is CC1CN(C(=O)c2cccc(N3CCCS3(=O)=O)c2)CC(c2ccccc2)O1. The fraction of sp³-hybridized carbons (Fsp3) is 0.381. The van der Waals surface area contributed by atoms with Gasteiger partial charge in [-0.2, -0.15) is 0 Å². The van der Waals surface area contributed by atoms with Crippen LogP contribution in [0.15, 0.2) is 54.6 Å². The van der Waals surface area contributed by atoms with Gasteiger partial charge in [-0.05, 0) is 37.1 Å². The van der Waals surface area contributed by atoms with Crippen LogP contribution in [0, 0.1) is 0 Å². The van der Waals surface area contributed by atoms with Crippen LogP contribution in [-0.2, 0) is 14.8 Å². The zero-order chi connectivity index (χ0) is 19.7. The molecule has 2 aromatic carbocycles. The van der Waals surface area contributed by atoms with Crippen LogP contribution < -0.4 is 4.31 Å². The number of rotatable bonds is 3. The zero-order valence-electron chi connectivity index (χ0n) is 15.8. The number of ether oxygens (including phenoxy) is 1. The lowest BCUT2D eigenvalue weighted by Crippen LogP contribution is -2.46. The lowest BCUT2D eigenvalue weighted by atomic mass is 10.1. The van der Waals surface area contributed by atoms with Gasteiger partial charge in [-0.15, -0.1) is 0 Å². The Kier molecular flexibility index (Phi) is 5.12. The second-order valence-corrected chi connectivity index (χ2v) is 9.36. The van der Waals surface area contributed by atoms with Crippen molar-refractivity contribution in [3.05, 3.63) is 65.7 Å². The molecule has 148 valence electrons. The molecule has 1 amide bonds. The predicted molar refractivity (Wildman–Crippen MR) is 108 cm³/mol. The monoisotopic (exact) mass is 400 g/mol. The van der Waals surface area contributed by atoms with Gasteiger partial charge in [0, 0.05) is 18.7 Å². The van der Waals surface area contributed by atoms with Crippen LogP contribution in [0.4, 0.5) is 5.69 Å². The quantitative estimate of drug-likeness (QED) is 0.795. The summed E-state index contributed by atoms with van der Waals surface area (Å²) in [5.74, 6) is 0.0554. The number of hydrogen-bond acceptors (Lipinski definition) is 4. The Morgan fingerprint density at radius 2 is 1.86 bits per heavy atom. The van der Waals surface area contributed by atoms with Gasteiger partial charge >= 0.3 is 0 Å². The highest BCUT2D eigenvalue weighted by molar-refractivity contribution is 7.93. The van der Waals surface area contributed by atoms with Gasteiger partial charge in [0.05, 0.1) is 24.1 Å². The highest BCUT2D eigenvalue weighted by Gasteiger charge is 2.31. The first kappa shape index (κ1) is 19.0. The van der Waals surface area contributed by atoms with Gasteiger partial charge in [0.2, 0.25) is 10.0 Å². The molecule has 2 aliphatic rings. The topological polar surface area (TPSA) is 66.9 Å². The van der Waals surface area contributed by atoms with E-state index in [0.717, 1.165) is 5.56 Å². The van der Waals surface area contributed by atoms with Crippen LogP contribution >= 0.6 is 0 Å². The lowest BCUT2D eigenvalue weighted by Gasteiger charge is -2.37. The first-order valence-corrected chi connectivity index (χ1v) is 11.1. The van der Waals surface area contributed by atoms with Crippen molar-refractivity contribution in [2.45, 2.75) is 25.6 Å². The molecule has 2 heterocycles. The Morgan fingerprint density at radius 3 is 2.57 bits per heavy atom. The van der Waals surface area contributed by atoms with E-state index in [2.05, 4.69) is 0 Å². The summed E-state index contributed by atoms with van der Waals surface area (Å²) in [4.78, 5) is 14.9. The van der Waals surface area contributed by atoms with Crippen molar-refractivity contribution >= 4 is 21.6 Å². The highest BCUT2D eigenvalue weighted by atomic mass is 32.2. The Bertz CT molecular complexity index is 961. The molecule has 2 aromatic rings. The summed E-state index contributed by atoms with van der Waals surface area (Å²) in [6.45, 7) is 3.40. The molecule has 0 bridgehead atoms. The first-order chi connectivity index (χ1) is 13.4. The summed E-state index contributed by atoms with van der Waals surface area (Å²) >= 11 is 0. The van der Waals surface area contributed by atoms with Crippen LogP contribution in [0.2, 0.25) is 0 Å². The molecule has 4 rings (SSSR count). The van der Waals surface area contributed by atoms with E-state index in [-0.39, 0.29) is 23.9 Å². The van der Waals surface area contributed by atoms with Crippen LogP contribution in [0.3, 0.4) is 0 Å². The molecular weight excluding hydrogens is 376 g/mol. The summed E-state index contributed by atoms with van der Waals surface area (Å²) in [5, 5.41) is 0. The normalized spacial score (nSPS) is 24.3. The number of benzene rings is 2. The summed E-state index contributed by atoms with van der Waals surface area (Å²) in [6, 6.07) is 16.8. The maximum Gasteiger partial charge on any atom is 0.254 e. The van der Waals surface area contributed by atoms with Crippen molar-refractivity contribution in [3.8, 4) is 0 Å². The molecule has 2 saturated heterocycles. The van der Waals surface area contributed by atoms with Crippen molar-refractivity contribution in [2.24, 2.45) is 0 Å². The number of carbonyl (C=O) groups is 1. The Labute approximate surface area is 165 Å². The van der Waals surface area contributed by atoms with E-state index in [1.54, 1.807) is 29.2 Å². The standard InChI is InChI=1S/C21H24N2O4S/c1-16-14-22(15-20(27-16)17-7-3-2-4-8-17)21(24)18-9-5-10-19(13-18)23-11-6-12-28(23,25)26/h2-5,7-10,13,16,20H,6,11-12,14-15H2,1H3. The molecule has 0 radical (unpaired) electrons. The molecule has 2 aliphatic heterocycles. The van der Waals surface area contributed by atoms with E-state index in [0.29, 0.717) is 37.3 Å². The minimum atomic E-state index is -3.27. The minimum absolute atomic E-state index is 0.0787. The summed E-state index contributed by atoms with van der Waals surface area (Å²) in [5.41, 5.74) is 2.11. The van der Waals surface area contributed by atoms with Gasteiger partial charge in [-0.25, -0.2) is 8.42 Å². The van der Waals surface area contributed by atoms with Crippen LogP contribution in [-0.4, -0.2) is 50.7 Å². The molecule has 2 unspecified atom stereocenters.